The fourth-order valence-corrected chi connectivity index (χ4v) is 3.48. The van der Waals surface area contributed by atoms with Crippen LogP contribution >= 0.6 is 23.1 Å². The Morgan fingerprint density at radius 2 is 2.25 bits per heavy atom. The number of thiophene rings is 1. The Kier molecular flexibility index (Phi) is 3.86. The zero-order chi connectivity index (χ0) is 13.9. The first-order valence-corrected chi connectivity index (χ1v) is 8.01. The molecule has 0 fully saturated rings. The zero-order valence-electron chi connectivity index (χ0n) is 10.6. The van der Waals surface area contributed by atoms with E-state index in [0.29, 0.717) is 22.8 Å². The van der Waals surface area contributed by atoms with Crippen molar-refractivity contribution in [3.05, 3.63) is 57.5 Å². The third-order valence-corrected chi connectivity index (χ3v) is 4.78. The Labute approximate surface area is 124 Å². The predicted octanol–water partition coefficient (Wildman–Crippen LogP) is 2.74. The molecule has 0 spiro atoms. The van der Waals surface area contributed by atoms with Crippen molar-refractivity contribution in [3.63, 3.8) is 0 Å². The highest BCUT2D eigenvalue weighted by molar-refractivity contribution is 7.98. The number of H-pyrrole nitrogens is 1. The van der Waals surface area contributed by atoms with Gasteiger partial charge in [0.25, 0.3) is 5.56 Å². The van der Waals surface area contributed by atoms with Gasteiger partial charge in [0, 0.05) is 11.4 Å². The molecule has 3 aromatic rings. The minimum absolute atomic E-state index is 0.0590. The van der Waals surface area contributed by atoms with Gasteiger partial charge in [-0.05, 0) is 29.1 Å². The third-order valence-electron chi connectivity index (χ3n) is 2.87. The SMILES string of the molecule is NCc1cccc(SCc2nc3ccsc3c(=O)[nH]2)c1. The highest BCUT2D eigenvalue weighted by Crippen LogP contribution is 2.23. The first kappa shape index (κ1) is 13.4. The van der Waals surface area contributed by atoms with Gasteiger partial charge in [-0.2, -0.15) is 0 Å². The predicted molar refractivity (Wildman–Crippen MR) is 84.1 cm³/mol. The number of nitrogens with two attached hydrogens (primary N) is 1. The van der Waals surface area contributed by atoms with Gasteiger partial charge in [0.05, 0.1) is 11.3 Å². The normalized spacial score (nSPS) is 11.1. The largest absolute Gasteiger partial charge is 0.326 e. The number of rotatable bonds is 4. The Balaban J connectivity index is 1.80. The minimum Gasteiger partial charge on any atom is -0.326 e. The van der Waals surface area contributed by atoms with Gasteiger partial charge < -0.3 is 10.7 Å². The van der Waals surface area contributed by atoms with E-state index in [1.54, 1.807) is 11.8 Å². The van der Waals surface area contributed by atoms with Crippen LogP contribution in [0.3, 0.4) is 0 Å². The fourth-order valence-electron chi connectivity index (χ4n) is 1.90. The molecule has 1 aromatic carbocycles. The Morgan fingerprint density at radius 1 is 1.35 bits per heavy atom. The van der Waals surface area contributed by atoms with Crippen molar-refractivity contribution in [3.8, 4) is 0 Å². The molecule has 3 N–H and O–H groups in total. The second-order valence-electron chi connectivity index (χ2n) is 4.29. The molecule has 0 aliphatic carbocycles. The number of aromatic nitrogens is 2. The van der Waals surface area contributed by atoms with Crippen LogP contribution in [0.15, 0.2) is 45.4 Å². The van der Waals surface area contributed by atoms with Crippen LogP contribution in [0.25, 0.3) is 10.2 Å². The van der Waals surface area contributed by atoms with Crippen molar-refractivity contribution >= 4 is 33.3 Å². The topological polar surface area (TPSA) is 71.8 Å². The Morgan fingerprint density at radius 3 is 3.10 bits per heavy atom. The summed E-state index contributed by atoms with van der Waals surface area (Å²) in [6.07, 6.45) is 0. The van der Waals surface area contributed by atoms with Gasteiger partial charge in [0.2, 0.25) is 0 Å². The maximum atomic E-state index is 11.9. The zero-order valence-corrected chi connectivity index (χ0v) is 12.3. The monoisotopic (exact) mass is 303 g/mol. The summed E-state index contributed by atoms with van der Waals surface area (Å²) in [5, 5.41) is 1.88. The molecule has 0 radical (unpaired) electrons. The van der Waals surface area contributed by atoms with E-state index in [1.165, 1.54) is 11.3 Å². The van der Waals surface area contributed by atoms with Gasteiger partial charge in [-0.15, -0.1) is 23.1 Å². The van der Waals surface area contributed by atoms with E-state index in [0.717, 1.165) is 16.0 Å². The molecule has 6 heteroatoms. The van der Waals surface area contributed by atoms with Crippen LogP contribution in [-0.4, -0.2) is 9.97 Å². The molecule has 0 saturated heterocycles. The van der Waals surface area contributed by atoms with Gasteiger partial charge in [0.15, 0.2) is 0 Å². The van der Waals surface area contributed by atoms with Crippen LogP contribution in [0, 0.1) is 0 Å². The maximum Gasteiger partial charge on any atom is 0.268 e. The summed E-state index contributed by atoms with van der Waals surface area (Å²) < 4.78 is 0.684. The molecule has 0 aliphatic heterocycles. The van der Waals surface area contributed by atoms with Gasteiger partial charge in [-0.3, -0.25) is 4.79 Å². The van der Waals surface area contributed by atoms with Gasteiger partial charge >= 0.3 is 0 Å². The van der Waals surface area contributed by atoms with E-state index in [2.05, 4.69) is 16.0 Å². The molecular weight excluding hydrogens is 290 g/mol. The average Bonchev–Trinajstić information content (AvgIpc) is 2.94. The van der Waals surface area contributed by atoms with Gasteiger partial charge in [-0.25, -0.2) is 4.98 Å². The molecule has 0 amide bonds. The number of aromatic amines is 1. The van der Waals surface area contributed by atoms with Crippen molar-refractivity contribution < 1.29 is 0 Å². The standard InChI is InChI=1S/C14H13N3OS2/c15-7-9-2-1-3-10(6-9)20-8-12-16-11-4-5-19-13(11)14(18)17-12/h1-6H,7-8,15H2,(H,16,17,18). The lowest BCUT2D eigenvalue weighted by Gasteiger charge is -2.03. The summed E-state index contributed by atoms with van der Waals surface area (Å²) in [5.41, 5.74) is 7.44. The number of benzene rings is 1. The van der Waals surface area contributed by atoms with Crippen molar-refractivity contribution in [2.75, 3.05) is 0 Å². The quantitative estimate of drug-likeness (QED) is 0.727. The number of nitrogens with one attached hydrogen (secondary N) is 1. The Bertz CT molecular complexity index is 794. The molecule has 2 heterocycles. The summed E-state index contributed by atoms with van der Waals surface area (Å²) in [6, 6.07) is 9.96. The first-order chi connectivity index (χ1) is 9.76. The molecule has 3 rings (SSSR count). The summed E-state index contributed by atoms with van der Waals surface area (Å²) in [6.45, 7) is 0.532. The third kappa shape index (κ3) is 2.77. The molecule has 102 valence electrons. The lowest BCUT2D eigenvalue weighted by Crippen LogP contribution is -2.09. The van der Waals surface area contributed by atoms with Gasteiger partial charge in [-0.1, -0.05) is 12.1 Å². The lowest BCUT2D eigenvalue weighted by atomic mass is 10.2. The van der Waals surface area contributed by atoms with E-state index in [1.807, 2.05) is 29.6 Å². The van der Waals surface area contributed by atoms with Crippen LogP contribution in [0.4, 0.5) is 0 Å². The maximum absolute atomic E-state index is 11.9. The van der Waals surface area contributed by atoms with Gasteiger partial charge in [0.1, 0.15) is 10.5 Å². The molecule has 0 aliphatic rings. The summed E-state index contributed by atoms with van der Waals surface area (Å²) in [5.74, 6) is 1.33. The summed E-state index contributed by atoms with van der Waals surface area (Å²) in [7, 11) is 0. The highest BCUT2D eigenvalue weighted by Gasteiger charge is 2.05. The number of fused-ring (bicyclic) bond motifs is 1. The lowest BCUT2D eigenvalue weighted by molar-refractivity contribution is 1.04. The van der Waals surface area contributed by atoms with Crippen molar-refractivity contribution in [1.29, 1.82) is 0 Å². The molecule has 4 nitrogen and oxygen atoms in total. The highest BCUT2D eigenvalue weighted by atomic mass is 32.2. The van der Waals surface area contributed by atoms with E-state index in [9.17, 15) is 4.79 Å². The van der Waals surface area contributed by atoms with Crippen LogP contribution in [-0.2, 0) is 12.3 Å². The van der Waals surface area contributed by atoms with Crippen LogP contribution < -0.4 is 11.3 Å². The number of hydrogen-bond acceptors (Lipinski definition) is 5. The fraction of sp³-hybridized carbons (Fsp3) is 0.143. The van der Waals surface area contributed by atoms with Crippen LogP contribution in [0.2, 0.25) is 0 Å². The first-order valence-electron chi connectivity index (χ1n) is 6.14. The number of nitrogens with zero attached hydrogens (tertiary/aromatic N) is 1. The van der Waals surface area contributed by atoms with Crippen molar-refractivity contribution in [1.82, 2.24) is 9.97 Å². The summed E-state index contributed by atoms with van der Waals surface area (Å²) >= 11 is 3.05. The molecule has 0 atom stereocenters. The summed E-state index contributed by atoms with van der Waals surface area (Å²) in [4.78, 5) is 20.3. The van der Waals surface area contributed by atoms with Crippen molar-refractivity contribution in [2.24, 2.45) is 5.73 Å². The number of hydrogen-bond donors (Lipinski definition) is 2. The van der Waals surface area contributed by atoms with Crippen LogP contribution in [0.5, 0.6) is 0 Å². The second kappa shape index (κ2) is 5.78. The molecule has 0 bridgehead atoms. The average molecular weight is 303 g/mol. The molecule has 20 heavy (non-hydrogen) atoms. The minimum atomic E-state index is -0.0590. The molecule has 2 aromatic heterocycles. The van der Waals surface area contributed by atoms with Crippen molar-refractivity contribution in [2.45, 2.75) is 17.2 Å². The smallest absolute Gasteiger partial charge is 0.268 e. The van der Waals surface area contributed by atoms with E-state index < -0.39 is 0 Å². The molecule has 0 unspecified atom stereocenters. The van der Waals surface area contributed by atoms with Crippen LogP contribution in [0.1, 0.15) is 11.4 Å². The second-order valence-corrected chi connectivity index (χ2v) is 6.25. The molecule has 0 saturated carbocycles. The van der Waals surface area contributed by atoms with E-state index in [4.69, 9.17) is 5.73 Å². The Hall–Kier alpha value is -1.63. The van der Waals surface area contributed by atoms with E-state index in [-0.39, 0.29) is 5.56 Å². The number of thioether (sulfide) groups is 1. The molecular formula is C14H13N3OS2. The van der Waals surface area contributed by atoms with E-state index >= 15 is 0 Å².